The van der Waals surface area contributed by atoms with E-state index in [1.807, 2.05) is 26.1 Å². The van der Waals surface area contributed by atoms with E-state index in [1.165, 1.54) is 0 Å². The highest BCUT2D eigenvalue weighted by atomic mass is 32.1. The van der Waals surface area contributed by atoms with Crippen molar-refractivity contribution in [2.24, 2.45) is 5.92 Å². The maximum Gasteiger partial charge on any atom is 0.328 e. The molecule has 110 valence electrons. The number of aliphatic carboxylic acids is 1. The van der Waals surface area contributed by atoms with Crippen molar-refractivity contribution in [1.29, 1.82) is 0 Å². The number of carboxylic acid groups (broad SMARTS) is 1. The van der Waals surface area contributed by atoms with Crippen molar-refractivity contribution in [3.05, 3.63) is 28.0 Å². The molecule has 1 aromatic heterocycles. The summed E-state index contributed by atoms with van der Waals surface area (Å²) in [6, 6.07) is 3.88. The standard InChI is InChI=1S/C14H20N2O3S/c1-10(14(19)15-2)8-16(3)9-12-5-4-11(20-12)6-7-13(17)18/h4-7,10H,8-9H2,1-3H3,(H,15,19)(H,17,18)/b7-6+. The van der Waals surface area contributed by atoms with Gasteiger partial charge in [0.1, 0.15) is 0 Å². The molecule has 5 nitrogen and oxygen atoms in total. The van der Waals surface area contributed by atoms with Crippen molar-refractivity contribution in [2.75, 3.05) is 20.6 Å². The Morgan fingerprint density at radius 2 is 2.20 bits per heavy atom. The fourth-order valence-electron chi connectivity index (χ4n) is 1.85. The van der Waals surface area contributed by atoms with E-state index in [1.54, 1.807) is 24.5 Å². The molecule has 20 heavy (non-hydrogen) atoms. The summed E-state index contributed by atoms with van der Waals surface area (Å²) in [5.41, 5.74) is 0. The monoisotopic (exact) mass is 296 g/mol. The van der Waals surface area contributed by atoms with Gasteiger partial charge in [-0.3, -0.25) is 4.79 Å². The molecular weight excluding hydrogens is 276 g/mol. The molecule has 1 atom stereocenters. The Morgan fingerprint density at radius 3 is 2.80 bits per heavy atom. The highest BCUT2D eigenvalue weighted by molar-refractivity contribution is 7.12. The zero-order valence-corrected chi connectivity index (χ0v) is 12.7. The molecule has 0 saturated carbocycles. The number of nitrogens with zero attached hydrogens (tertiary/aromatic N) is 1. The second kappa shape index (κ2) is 7.81. The number of carbonyl (C=O) groups is 2. The lowest BCUT2D eigenvalue weighted by molar-refractivity contribution is -0.131. The predicted molar refractivity (Wildman–Crippen MR) is 80.6 cm³/mol. The van der Waals surface area contributed by atoms with Crippen molar-refractivity contribution in [3.63, 3.8) is 0 Å². The fourth-order valence-corrected chi connectivity index (χ4v) is 2.85. The lowest BCUT2D eigenvalue weighted by Gasteiger charge is -2.19. The number of amides is 1. The summed E-state index contributed by atoms with van der Waals surface area (Å²) < 4.78 is 0. The Kier molecular flexibility index (Phi) is 6.41. The van der Waals surface area contributed by atoms with Gasteiger partial charge < -0.3 is 15.3 Å². The van der Waals surface area contributed by atoms with E-state index in [4.69, 9.17) is 5.11 Å². The summed E-state index contributed by atoms with van der Waals surface area (Å²) in [6.45, 7) is 3.32. The van der Waals surface area contributed by atoms with E-state index in [0.29, 0.717) is 6.54 Å². The lowest BCUT2D eigenvalue weighted by Crippen LogP contribution is -2.33. The summed E-state index contributed by atoms with van der Waals surface area (Å²) in [7, 11) is 3.60. The molecule has 0 fully saturated rings. The molecule has 0 aliphatic heterocycles. The Labute approximate surface area is 122 Å². The van der Waals surface area contributed by atoms with Crippen LogP contribution in [0.15, 0.2) is 18.2 Å². The molecule has 0 aliphatic rings. The molecule has 1 heterocycles. The van der Waals surface area contributed by atoms with Gasteiger partial charge in [0.05, 0.1) is 0 Å². The van der Waals surface area contributed by atoms with Crippen LogP contribution in [0, 0.1) is 5.92 Å². The van der Waals surface area contributed by atoms with Gasteiger partial charge >= 0.3 is 5.97 Å². The topological polar surface area (TPSA) is 69.6 Å². The van der Waals surface area contributed by atoms with Crippen molar-refractivity contribution < 1.29 is 14.7 Å². The largest absolute Gasteiger partial charge is 0.478 e. The molecule has 1 rings (SSSR count). The Bertz CT molecular complexity index is 496. The molecule has 2 N–H and O–H groups in total. The summed E-state index contributed by atoms with van der Waals surface area (Å²) in [4.78, 5) is 26.0. The highest BCUT2D eigenvalue weighted by Gasteiger charge is 2.14. The van der Waals surface area contributed by atoms with Crippen LogP contribution in [-0.2, 0) is 16.1 Å². The third kappa shape index (κ3) is 5.54. The quantitative estimate of drug-likeness (QED) is 0.751. The van der Waals surface area contributed by atoms with Crippen LogP contribution in [0.2, 0.25) is 0 Å². The number of nitrogens with one attached hydrogen (secondary N) is 1. The van der Waals surface area contributed by atoms with Crippen molar-refractivity contribution in [2.45, 2.75) is 13.5 Å². The van der Waals surface area contributed by atoms with E-state index in [2.05, 4.69) is 10.2 Å². The first-order chi connectivity index (χ1) is 9.42. The minimum absolute atomic E-state index is 0.0353. The molecule has 1 unspecified atom stereocenters. The number of rotatable bonds is 7. The van der Waals surface area contributed by atoms with Crippen LogP contribution in [0.1, 0.15) is 16.7 Å². The van der Waals surface area contributed by atoms with Crippen LogP contribution in [0.3, 0.4) is 0 Å². The zero-order chi connectivity index (χ0) is 15.1. The maximum atomic E-state index is 11.5. The first-order valence-corrected chi connectivity index (χ1v) is 7.14. The second-order valence-electron chi connectivity index (χ2n) is 4.69. The first-order valence-electron chi connectivity index (χ1n) is 6.32. The van der Waals surface area contributed by atoms with Gasteiger partial charge in [0, 0.05) is 41.9 Å². The smallest absolute Gasteiger partial charge is 0.328 e. The minimum Gasteiger partial charge on any atom is -0.478 e. The van der Waals surface area contributed by atoms with Gasteiger partial charge in [0.2, 0.25) is 5.91 Å². The van der Waals surface area contributed by atoms with Crippen LogP contribution >= 0.6 is 11.3 Å². The van der Waals surface area contributed by atoms with Gasteiger partial charge in [0.25, 0.3) is 0 Å². The van der Waals surface area contributed by atoms with Gasteiger partial charge in [-0.25, -0.2) is 4.79 Å². The van der Waals surface area contributed by atoms with Gasteiger partial charge in [0.15, 0.2) is 0 Å². The van der Waals surface area contributed by atoms with E-state index in [-0.39, 0.29) is 11.8 Å². The average Bonchev–Trinajstić information content (AvgIpc) is 2.82. The number of carbonyl (C=O) groups excluding carboxylic acids is 1. The summed E-state index contributed by atoms with van der Waals surface area (Å²) >= 11 is 1.55. The molecule has 1 aromatic rings. The van der Waals surface area contributed by atoms with Gasteiger partial charge in [-0.1, -0.05) is 6.92 Å². The van der Waals surface area contributed by atoms with E-state index >= 15 is 0 Å². The molecule has 0 radical (unpaired) electrons. The van der Waals surface area contributed by atoms with Gasteiger partial charge in [-0.05, 0) is 25.3 Å². The molecule has 0 saturated heterocycles. The van der Waals surface area contributed by atoms with Gasteiger partial charge in [-0.15, -0.1) is 11.3 Å². The summed E-state index contributed by atoms with van der Waals surface area (Å²) in [5.74, 6) is -0.971. The van der Waals surface area contributed by atoms with Crippen molar-refractivity contribution in [3.8, 4) is 0 Å². The van der Waals surface area contributed by atoms with Crippen LogP contribution in [0.4, 0.5) is 0 Å². The maximum absolute atomic E-state index is 11.5. The molecule has 0 spiro atoms. The molecular formula is C14H20N2O3S. The normalized spacial score (nSPS) is 12.8. The fraction of sp³-hybridized carbons (Fsp3) is 0.429. The SMILES string of the molecule is CNC(=O)C(C)CN(C)Cc1ccc(/C=C/C(=O)O)s1. The lowest BCUT2D eigenvalue weighted by atomic mass is 10.1. The molecule has 0 aromatic carbocycles. The highest BCUT2D eigenvalue weighted by Crippen LogP contribution is 2.19. The van der Waals surface area contributed by atoms with Crippen LogP contribution in [0.5, 0.6) is 0 Å². The van der Waals surface area contributed by atoms with Crippen LogP contribution in [-0.4, -0.2) is 42.5 Å². The molecule has 0 bridgehead atoms. The molecule has 0 aliphatic carbocycles. The third-order valence-corrected chi connectivity index (χ3v) is 3.81. The molecule has 6 heteroatoms. The van der Waals surface area contributed by atoms with E-state index in [0.717, 1.165) is 22.4 Å². The minimum atomic E-state index is -0.948. The van der Waals surface area contributed by atoms with Crippen molar-refractivity contribution in [1.82, 2.24) is 10.2 Å². The van der Waals surface area contributed by atoms with E-state index in [9.17, 15) is 9.59 Å². The van der Waals surface area contributed by atoms with Crippen LogP contribution in [0.25, 0.3) is 6.08 Å². The number of hydrogen-bond acceptors (Lipinski definition) is 4. The van der Waals surface area contributed by atoms with E-state index < -0.39 is 5.97 Å². The first kappa shape index (κ1) is 16.4. The van der Waals surface area contributed by atoms with Crippen LogP contribution < -0.4 is 5.32 Å². The number of thiophene rings is 1. The second-order valence-corrected chi connectivity index (χ2v) is 5.89. The average molecular weight is 296 g/mol. The number of carboxylic acids is 1. The summed E-state index contributed by atoms with van der Waals surface area (Å²) in [6.07, 6.45) is 2.72. The zero-order valence-electron chi connectivity index (χ0n) is 11.9. The summed E-state index contributed by atoms with van der Waals surface area (Å²) in [5, 5.41) is 11.2. The van der Waals surface area contributed by atoms with Crippen molar-refractivity contribution >= 4 is 29.3 Å². The Balaban J connectivity index is 2.52. The number of hydrogen-bond donors (Lipinski definition) is 2. The Morgan fingerprint density at radius 1 is 1.50 bits per heavy atom. The molecule has 1 amide bonds. The van der Waals surface area contributed by atoms with Gasteiger partial charge in [-0.2, -0.15) is 0 Å². The third-order valence-electron chi connectivity index (χ3n) is 2.78. The predicted octanol–water partition coefficient (Wildman–Crippen LogP) is 1.66. The Hall–Kier alpha value is -1.66.